The number of rotatable bonds is 18. The van der Waals surface area contributed by atoms with E-state index in [1.54, 1.807) is 11.8 Å². The molecule has 0 heterocycles. The first-order valence-corrected chi connectivity index (χ1v) is 15.5. The lowest BCUT2D eigenvalue weighted by molar-refractivity contribution is -0.144. The van der Waals surface area contributed by atoms with Gasteiger partial charge in [-0.25, -0.2) is 14.4 Å². The molecule has 11 heteroatoms. The average Bonchev–Trinajstić information content (AvgIpc) is 3.08. The number of unbranched alkanes of at least 4 members (excludes halogenated alkanes) is 1. The number of alkyl carbamates (subject to hydrolysis) is 1. The van der Waals surface area contributed by atoms with Gasteiger partial charge in [-0.15, -0.1) is 0 Å². The summed E-state index contributed by atoms with van der Waals surface area (Å²) in [5, 5.41) is 2.73. The number of esters is 1. The molecule has 0 aromatic heterocycles. The largest absolute Gasteiger partial charge is 0.465 e. The number of carbonyl (C=O) groups excluding carboxylic acids is 4. The molecule has 3 amide bonds. The molecule has 0 radical (unpaired) electrons. The third-order valence-electron chi connectivity index (χ3n) is 6.74. The molecule has 1 N–H and O–H groups in total. The van der Waals surface area contributed by atoms with Crippen LogP contribution in [0.3, 0.4) is 0 Å². The Hall–Kier alpha value is -5.06. The van der Waals surface area contributed by atoms with Crippen LogP contribution in [-0.4, -0.2) is 73.4 Å². The van der Waals surface area contributed by atoms with Crippen LogP contribution < -0.4 is 5.32 Å². The van der Waals surface area contributed by atoms with Crippen LogP contribution in [0, 0.1) is 0 Å². The zero-order chi connectivity index (χ0) is 32.8. The fourth-order valence-electron chi connectivity index (χ4n) is 4.36. The first kappa shape index (κ1) is 35.4. The van der Waals surface area contributed by atoms with E-state index >= 15 is 0 Å². The Morgan fingerprint density at radius 3 is 1.54 bits per heavy atom. The van der Waals surface area contributed by atoms with Gasteiger partial charge >= 0.3 is 24.2 Å². The molecule has 0 fully saturated rings. The number of hydrogen-bond acceptors (Lipinski definition) is 8. The molecule has 0 atom stereocenters. The minimum absolute atomic E-state index is 0.0603. The summed E-state index contributed by atoms with van der Waals surface area (Å²) in [6.07, 6.45) is -0.106. The Bertz CT molecular complexity index is 1330. The van der Waals surface area contributed by atoms with Crippen LogP contribution in [0.4, 0.5) is 14.4 Å². The number of benzene rings is 3. The van der Waals surface area contributed by atoms with Crippen molar-refractivity contribution in [3.63, 3.8) is 0 Å². The Morgan fingerprint density at radius 2 is 1.02 bits per heavy atom. The Labute approximate surface area is 270 Å². The van der Waals surface area contributed by atoms with Crippen molar-refractivity contribution >= 4 is 24.2 Å². The monoisotopic (exact) mass is 633 g/mol. The lowest BCUT2D eigenvalue weighted by Crippen LogP contribution is -2.40. The van der Waals surface area contributed by atoms with E-state index in [0.29, 0.717) is 32.4 Å². The van der Waals surface area contributed by atoms with Crippen molar-refractivity contribution in [1.82, 2.24) is 15.1 Å². The molecule has 0 unspecified atom stereocenters. The van der Waals surface area contributed by atoms with E-state index in [9.17, 15) is 19.2 Å². The van der Waals surface area contributed by atoms with Crippen molar-refractivity contribution in [2.24, 2.45) is 0 Å². The second kappa shape index (κ2) is 20.8. The zero-order valence-corrected chi connectivity index (χ0v) is 26.3. The van der Waals surface area contributed by atoms with E-state index < -0.39 is 24.2 Å². The normalized spacial score (nSPS) is 10.4. The molecule has 0 saturated heterocycles. The van der Waals surface area contributed by atoms with Crippen molar-refractivity contribution in [3.05, 3.63) is 108 Å². The molecule has 0 spiro atoms. The van der Waals surface area contributed by atoms with Gasteiger partial charge in [-0.2, -0.15) is 0 Å². The quantitative estimate of drug-likeness (QED) is 0.104. The maximum absolute atomic E-state index is 13.1. The Kier molecular flexibility index (Phi) is 16.0. The summed E-state index contributed by atoms with van der Waals surface area (Å²) in [4.78, 5) is 53.1. The van der Waals surface area contributed by atoms with Gasteiger partial charge in [0, 0.05) is 26.2 Å². The van der Waals surface area contributed by atoms with Gasteiger partial charge in [-0.3, -0.25) is 9.69 Å². The molecule has 46 heavy (non-hydrogen) atoms. The molecule has 0 aliphatic carbocycles. The molecule has 3 rings (SSSR count). The van der Waals surface area contributed by atoms with E-state index in [2.05, 4.69) is 5.32 Å². The summed E-state index contributed by atoms with van der Waals surface area (Å²) in [5.74, 6) is -0.548. The lowest BCUT2D eigenvalue weighted by Gasteiger charge is -2.25. The maximum Gasteiger partial charge on any atom is 0.410 e. The van der Waals surface area contributed by atoms with Crippen LogP contribution in [0.2, 0.25) is 0 Å². The van der Waals surface area contributed by atoms with E-state index in [1.807, 2.05) is 91.0 Å². The number of carbonyl (C=O) groups is 4. The minimum Gasteiger partial charge on any atom is -0.465 e. The van der Waals surface area contributed by atoms with E-state index in [-0.39, 0.29) is 46.1 Å². The van der Waals surface area contributed by atoms with Crippen LogP contribution in [0.1, 0.15) is 42.9 Å². The third-order valence-corrected chi connectivity index (χ3v) is 6.74. The number of hydrogen-bond donors (Lipinski definition) is 1. The van der Waals surface area contributed by atoms with Gasteiger partial charge < -0.3 is 29.2 Å². The molecule has 11 nitrogen and oxygen atoms in total. The Balaban J connectivity index is 1.50. The molecule has 0 saturated carbocycles. The van der Waals surface area contributed by atoms with Crippen LogP contribution in [0.5, 0.6) is 0 Å². The van der Waals surface area contributed by atoms with E-state index in [1.165, 1.54) is 4.90 Å². The van der Waals surface area contributed by atoms with Gasteiger partial charge in [0.25, 0.3) is 0 Å². The molecule has 3 aromatic rings. The van der Waals surface area contributed by atoms with Crippen molar-refractivity contribution in [2.45, 2.75) is 46.0 Å². The van der Waals surface area contributed by atoms with E-state index in [0.717, 1.165) is 16.7 Å². The third kappa shape index (κ3) is 14.1. The van der Waals surface area contributed by atoms with Gasteiger partial charge in [0.1, 0.15) is 26.4 Å². The Morgan fingerprint density at radius 1 is 0.565 bits per heavy atom. The molecular formula is C35H43N3O8. The molecule has 246 valence electrons. The van der Waals surface area contributed by atoms with Crippen LogP contribution in [-0.2, 0) is 43.6 Å². The zero-order valence-electron chi connectivity index (χ0n) is 26.3. The van der Waals surface area contributed by atoms with E-state index in [4.69, 9.17) is 18.9 Å². The van der Waals surface area contributed by atoms with Gasteiger partial charge in [0.15, 0.2) is 0 Å². The summed E-state index contributed by atoms with van der Waals surface area (Å²) in [7, 11) is 0. The highest BCUT2D eigenvalue weighted by Gasteiger charge is 2.21. The molecule has 0 aliphatic heterocycles. The average molecular weight is 634 g/mol. The SMILES string of the molecule is CCOC(=O)CN(CCCN(CCCCNC(=O)OCc1ccccc1)C(=O)OCc1ccccc1)C(=O)OCc1ccccc1. The molecular weight excluding hydrogens is 590 g/mol. The highest BCUT2D eigenvalue weighted by molar-refractivity contribution is 5.78. The fraction of sp³-hybridized carbons (Fsp3) is 0.371. The fourth-order valence-corrected chi connectivity index (χ4v) is 4.36. The minimum atomic E-state index is -0.652. The standard InChI is InChI=1S/C35H43N3O8/c1-2-43-32(39)25-38(35(42)46-28-31-19-10-5-11-20-31)24-14-23-37(34(41)45-27-30-17-8-4-9-18-30)22-13-12-21-36-33(40)44-26-29-15-6-3-7-16-29/h3-11,15-20H,2,12-14,21-28H2,1H3,(H,36,40). The van der Waals surface area contributed by atoms with Crippen LogP contribution >= 0.6 is 0 Å². The predicted octanol–water partition coefficient (Wildman–Crippen LogP) is 5.92. The van der Waals surface area contributed by atoms with Gasteiger partial charge in [-0.1, -0.05) is 91.0 Å². The number of ether oxygens (including phenoxy) is 4. The van der Waals surface area contributed by atoms with Crippen molar-refractivity contribution < 1.29 is 38.1 Å². The summed E-state index contributed by atoms with van der Waals surface area (Å²) in [6.45, 7) is 3.13. The van der Waals surface area contributed by atoms with Crippen molar-refractivity contribution in [3.8, 4) is 0 Å². The molecule has 3 aromatic carbocycles. The first-order chi connectivity index (χ1) is 22.4. The molecule has 0 aliphatic rings. The summed E-state index contributed by atoms with van der Waals surface area (Å²) >= 11 is 0. The predicted molar refractivity (Wildman–Crippen MR) is 172 cm³/mol. The van der Waals surface area contributed by atoms with Gasteiger partial charge in [-0.05, 0) is 42.9 Å². The van der Waals surface area contributed by atoms with Gasteiger partial charge in [0.2, 0.25) is 0 Å². The smallest absolute Gasteiger partial charge is 0.410 e. The summed E-state index contributed by atoms with van der Waals surface area (Å²) in [6, 6.07) is 28.0. The number of nitrogens with one attached hydrogen (secondary N) is 1. The number of amides is 3. The summed E-state index contributed by atoms with van der Waals surface area (Å²) in [5.41, 5.74) is 2.57. The highest BCUT2D eigenvalue weighted by atomic mass is 16.6. The first-order valence-electron chi connectivity index (χ1n) is 15.5. The second-order valence-corrected chi connectivity index (χ2v) is 10.3. The number of nitrogens with zero attached hydrogens (tertiary/aromatic N) is 2. The molecule has 0 bridgehead atoms. The van der Waals surface area contributed by atoms with Crippen LogP contribution in [0.25, 0.3) is 0 Å². The van der Waals surface area contributed by atoms with Gasteiger partial charge in [0.05, 0.1) is 6.61 Å². The lowest BCUT2D eigenvalue weighted by atomic mass is 10.2. The maximum atomic E-state index is 13.1. The second-order valence-electron chi connectivity index (χ2n) is 10.3. The van der Waals surface area contributed by atoms with Crippen LogP contribution in [0.15, 0.2) is 91.0 Å². The van der Waals surface area contributed by atoms with Crippen molar-refractivity contribution in [1.29, 1.82) is 0 Å². The summed E-state index contributed by atoms with van der Waals surface area (Å²) < 4.78 is 21.3. The van der Waals surface area contributed by atoms with Crippen molar-refractivity contribution in [2.75, 3.05) is 39.3 Å². The highest BCUT2D eigenvalue weighted by Crippen LogP contribution is 2.09. The topological polar surface area (TPSA) is 124 Å².